The minimum absolute atomic E-state index is 0.186. The summed E-state index contributed by atoms with van der Waals surface area (Å²) in [6, 6.07) is 9.24. The first kappa shape index (κ1) is 21.5. The van der Waals surface area contributed by atoms with E-state index in [-0.39, 0.29) is 18.3 Å². The van der Waals surface area contributed by atoms with Crippen LogP contribution >= 0.6 is 24.0 Å². The van der Waals surface area contributed by atoms with Crippen molar-refractivity contribution < 1.29 is 14.3 Å². The molecule has 1 amide bonds. The Morgan fingerprint density at radius 1 is 1.24 bits per heavy atom. The quantitative estimate of drug-likeness (QED) is 0.438. The maximum absolute atomic E-state index is 13.3. The fourth-order valence-corrected chi connectivity index (χ4v) is 4.97. The third-order valence-corrected chi connectivity index (χ3v) is 6.73. The molecule has 10 heteroatoms. The van der Waals surface area contributed by atoms with E-state index in [0.29, 0.717) is 50.8 Å². The first-order valence-corrected chi connectivity index (χ1v) is 11.6. The Kier molecular flexibility index (Phi) is 5.55. The molecule has 33 heavy (non-hydrogen) atoms. The van der Waals surface area contributed by atoms with Crippen LogP contribution in [-0.4, -0.2) is 37.8 Å². The van der Waals surface area contributed by atoms with Crippen LogP contribution in [0.1, 0.15) is 23.6 Å². The summed E-state index contributed by atoms with van der Waals surface area (Å²) in [6.07, 6.45) is 3.26. The van der Waals surface area contributed by atoms with Crippen molar-refractivity contribution in [2.75, 3.05) is 18.7 Å². The van der Waals surface area contributed by atoms with Crippen molar-refractivity contribution in [2.45, 2.75) is 20.4 Å². The van der Waals surface area contributed by atoms with E-state index in [1.165, 1.54) is 21.1 Å². The molecule has 0 bridgehead atoms. The van der Waals surface area contributed by atoms with Crippen molar-refractivity contribution in [1.29, 1.82) is 0 Å². The maximum atomic E-state index is 13.3. The third-order valence-electron chi connectivity index (χ3n) is 5.36. The first-order chi connectivity index (χ1) is 16.0. The summed E-state index contributed by atoms with van der Waals surface area (Å²) in [4.78, 5) is 33.0. The average molecular weight is 481 g/mol. The molecule has 0 unspecified atom stereocenters. The molecule has 168 valence electrons. The summed E-state index contributed by atoms with van der Waals surface area (Å²) in [7, 11) is 0. The second kappa shape index (κ2) is 8.53. The van der Waals surface area contributed by atoms with Crippen LogP contribution in [0.5, 0.6) is 11.5 Å². The Hall–Kier alpha value is -3.37. The fraction of sp³-hybridized carbons (Fsp3) is 0.217. The van der Waals surface area contributed by atoms with E-state index in [9.17, 15) is 9.59 Å². The lowest BCUT2D eigenvalue weighted by Gasteiger charge is -2.14. The summed E-state index contributed by atoms with van der Waals surface area (Å²) in [6.45, 7) is 4.90. The Balaban J connectivity index is 1.50. The molecular formula is C23H20N4O4S2. The highest BCUT2D eigenvalue weighted by Gasteiger charge is 2.33. The van der Waals surface area contributed by atoms with Crippen molar-refractivity contribution in [3.05, 3.63) is 68.5 Å². The number of anilines is 1. The number of nitrogens with zero attached hydrogens (tertiary/aromatic N) is 3. The van der Waals surface area contributed by atoms with Crippen LogP contribution in [0.3, 0.4) is 0 Å². The number of carbonyl (C=O) groups is 1. The number of benzene rings is 1. The van der Waals surface area contributed by atoms with Crippen LogP contribution in [0, 0.1) is 6.92 Å². The molecule has 0 spiro atoms. The number of nitrogens with one attached hydrogen (secondary N) is 1. The number of thiocarbonyl (C=S) groups is 1. The molecular weight excluding hydrogens is 460 g/mol. The van der Waals surface area contributed by atoms with Crippen molar-refractivity contribution in [1.82, 2.24) is 14.3 Å². The zero-order valence-corrected chi connectivity index (χ0v) is 19.6. The van der Waals surface area contributed by atoms with Gasteiger partial charge in [0, 0.05) is 12.7 Å². The Labute approximate surface area is 199 Å². The molecule has 1 aromatic carbocycles. The van der Waals surface area contributed by atoms with Gasteiger partial charge in [0.25, 0.3) is 11.5 Å². The van der Waals surface area contributed by atoms with E-state index in [2.05, 4.69) is 10.3 Å². The molecule has 0 atom stereocenters. The van der Waals surface area contributed by atoms with Crippen LogP contribution in [-0.2, 0) is 11.3 Å². The SMILES string of the molecule is CCNc1nc2c(C)cccn2c(=O)c1/C=C1\SC(=S)N(Cc2ccc3c(c2)OCO3)C1=O. The number of hydrogen-bond donors (Lipinski definition) is 1. The first-order valence-electron chi connectivity index (χ1n) is 10.4. The van der Waals surface area contributed by atoms with E-state index in [0.717, 1.165) is 11.1 Å². The van der Waals surface area contributed by atoms with E-state index in [1.807, 2.05) is 38.1 Å². The summed E-state index contributed by atoms with van der Waals surface area (Å²) < 4.78 is 12.7. The smallest absolute Gasteiger partial charge is 0.267 e. The van der Waals surface area contributed by atoms with Crippen molar-refractivity contribution >= 4 is 51.7 Å². The zero-order valence-electron chi connectivity index (χ0n) is 18.0. The molecule has 1 fully saturated rings. The predicted octanol–water partition coefficient (Wildman–Crippen LogP) is 3.56. The highest BCUT2D eigenvalue weighted by Crippen LogP contribution is 2.36. The molecule has 0 saturated carbocycles. The number of aromatic nitrogens is 2. The number of pyridine rings is 1. The van der Waals surface area contributed by atoms with Gasteiger partial charge in [-0.2, -0.15) is 0 Å². The van der Waals surface area contributed by atoms with Crippen molar-refractivity contribution in [3.8, 4) is 11.5 Å². The molecule has 2 aliphatic heterocycles. The zero-order chi connectivity index (χ0) is 23.1. The maximum Gasteiger partial charge on any atom is 0.267 e. The number of aryl methyl sites for hydroxylation is 1. The minimum Gasteiger partial charge on any atom is -0.454 e. The second-order valence-electron chi connectivity index (χ2n) is 7.55. The van der Waals surface area contributed by atoms with Gasteiger partial charge < -0.3 is 14.8 Å². The lowest BCUT2D eigenvalue weighted by molar-refractivity contribution is -0.122. The number of ether oxygens (including phenoxy) is 2. The third kappa shape index (κ3) is 3.85. The van der Waals surface area contributed by atoms with Gasteiger partial charge in [-0.25, -0.2) is 4.98 Å². The lowest BCUT2D eigenvalue weighted by Crippen LogP contribution is -2.27. The van der Waals surface area contributed by atoms with Gasteiger partial charge >= 0.3 is 0 Å². The van der Waals surface area contributed by atoms with Gasteiger partial charge in [0.2, 0.25) is 6.79 Å². The van der Waals surface area contributed by atoms with Gasteiger partial charge in [-0.1, -0.05) is 36.1 Å². The van der Waals surface area contributed by atoms with Gasteiger partial charge in [-0.3, -0.25) is 18.9 Å². The molecule has 1 saturated heterocycles. The minimum atomic E-state index is -0.251. The molecule has 2 aliphatic rings. The van der Waals surface area contributed by atoms with Crippen LogP contribution in [0.25, 0.3) is 11.7 Å². The highest BCUT2D eigenvalue weighted by atomic mass is 32.2. The molecule has 4 heterocycles. The monoisotopic (exact) mass is 480 g/mol. The van der Waals surface area contributed by atoms with Crippen molar-refractivity contribution in [2.24, 2.45) is 0 Å². The van der Waals surface area contributed by atoms with E-state index in [1.54, 1.807) is 18.3 Å². The molecule has 0 aliphatic carbocycles. The molecule has 3 aromatic rings. The van der Waals surface area contributed by atoms with Crippen LogP contribution in [0.15, 0.2) is 46.2 Å². The number of carbonyl (C=O) groups excluding carboxylic acids is 1. The number of hydrogen-bond acceptors (Lipinski definition) is 8. The second-order valence-corrected chi connectivity index (χ2v) is 9.23. The Morgan fingerprint density at radius 3 is 2.88 bits per heavy atom. The fourth-order valence-electron chi connectivity index (χ4n) is 3.73. The number of amides is 1. The molecule has 5 rings (SSSR count). The molecule has 8 nitrogen and oxygen atoms in total. The predicted molar refractivity (Wildman–Crippen MR) is 132 cm³/mol. The summed E-state index contributed by atoms with van der Waals surface area (Å²) in [5, 5.41) is 3.15. The largest absolute Gasteiger partial charge is 0.454 e. The Bertz CT molecular complexity index is 1400. The van der Waals surface area contributed by atoms with Crippen molar-refractivity contribution in [3.63, 3.8) is 0 Å². The highest BCUT2D eigenvalue weighted by molar-refractivity contribution is 8.26. The number of fused-ring (bicyclic) bond motifs is 2. The number of thioether (sulfide) groups is 1. The number of rotatable bonds is 5. The van der Waals surface area contributed by atoms with Gasteiger partial charge in [-0.15, -0.1) is 0 Å². The van der Waals surface area contributed by atoms with Crippen LogP contribution < -0.4 is 20.3 Å². The summed E-state index contributed by atoms with van der Waals surface area (Å²) in [5.41, 5.74) is 2.40. The van der Waals surface area contributed by atoms with Gasteiger partial charge in [-0.05, 0) is 49.2 Å². The molecule has 2 aromatic heterocycles. The van der Waals surface area contributed by atoms with Gasteiger partial charge in [0.05, 0.1) is 17.0 Å². The summed E-state index contributed by atoms with van der Waals surface area (Å²) in [5.74, 6) is 1.52. The van der Waals surface area contributed by atoms with E-state index >= 15 is 0 Å². The summed E-state index contributed by atoms with van der Waals surface area (Å²) >= 11 is 6.65. The average Bonchev–Trinajstić information content (AvgIpc) is 3.37. The van der Waals surface area contributed by atoms with E-state index in [4.69, 9.17) is 21.7 Å². The van der Waals surface area contributed by atoms with E-state index < -0.39 is 0 Å². The lowest BCUT2D eigenvalue weighted by atomic mass is 10.2. The van der Waals surface area contributed by atoms with Gasteiger partial charge in [0.15, 0.2) is 11.5 Å². The molecule has 1 N–H and O–H groups in total. The van der Waals surface area contributed by atoms with Crippen LogP contribution in [0.2, 0.25) is 0 Å². The standard InChI is InChI=1S/C23H20N4O4S2/c1-3-24-19-15(21(28)26-8-4-5-13(2)20(26)25-19)10-18-22(29)27(23(32)33-18)11-14-6-7-16-17(9-14)31-12-30-16/h4-10,24H,3,11-12H2,1-2H3/b18-10-. The molecule has 0 radical (unpaired) electrons. The Morgan fingerprint density at radius 2 is 2.06 bits per heavy atom. The topological polar surface area (TPSA) is 85.2 Å². The van der Waals surface area contributed by atoms with Crippen LogP contribution in [0.4, 0.5) is 5.82 Å². The normalized spacial score (nSPS) is 16.3. The van der Waals surface area contributed by atoms with Gasteiger partial charge in [0.1, 0.15) is 15.8 Å².